The number of aryl methyl sites for hydroxylation is 1. The first-order chi connectivity index (χ1) is 17.8. The van der Waals surface area contributed by atoms with Gasteiger partial charge in [-0.25, -0.2) is 0 Å². The number of hydrogen-bond donors (Lipinski definition) is 0. The van der Waals surface area contributed by atoms with Gasteiger partial charge in [-0.2, -0.15) is 0 Å². The molecule has 4 rings (SSSR count). The van der Waals surface area contributed by atoms with E-state index in [0.717, 1.165) is 69.8 Å². The number of rotatable bonds is 12. The standard InChI is InChI=1S/C31H47NO4S.ClH/c1-6-7-8-10-22(2)12-13-24-20-26(35-28(33)11-9-14-32-15-17-34-18-16-32)29-25-19-23(3)37-30(25)31(4,5)36-27(29)21-24;/h20-23H,6-19H2,1-5H3;1H. The minimum Gasteiger partial charge on any atom is -0.482 e. The average molecular weight is 566 g/mol. The fourth-order valence-electron chi connectivity index (χ4n) is 5.73. The fraction of sp³-hybridized carbons (Fsp3) is 0.710. The second-order valence-corrected chi connectivity index (χ2v) is 13.1. The topological polar surface area (TPSA) is 48.0 Å². The number of ether oxygens (including phenoxy) is 3. The molecule has 0 amide bonds. The van der Waals surface area contributed by atoms with E-state index in [1.165, 1.54) is 41.7 Å². The highest BCUT2D eigenvalue weighted by Crippen LogP contribution is 2.56. The number of halogens is 1. The van der Waals surface area contributed by atoms with E-state index < -0.39 is 0 Å². The minimum atomic E-state index is -0.358. The summed E-state index contributed by atoms with van der Waals surface area (Å²) < 4.78 is 18.2. The highest BCUT2D eigenvalue weighted by molar-refractivity contribution is 8.04. The average Bonchev–Trinajstić information content (AvgIpc) is 3.25. The maximum absolute atomic E-state index is 13.0. The van der Waals surface area contributed by atoms with Crippen LogP contribution in [0.2, 0.25) is 0 Å². The summed E-state index contributed by atoms with van der Waals surface area (Å²) in [6, 6.07) is 4.33. The maximum atomic E-state index is 13.0. The zero-order chi connectivity index (χ0) is 26.4. The first-order valence-corrected chi connectivity index (χ1v) is 15.4. The monoisotopic (exact) mass is 565 g/mol. The molecule has 38 heavy (non-hydrogen) atoms. The van der Waals surface area contributed by atoms with E-state index in [9.17, 15) is 4.79 Å². The number of thioether (sulfide) groups is 1. The summed E-state index contributed by atoms with van der Waals surface area (Å²) in [5.74, 6) is 2.12. The van der Waals surface area contributed by atoms with E-state index in [1.807, 2.05) is 11.8 Å². The van der Waals surface area contributed by atoms with Gasteiger partial charge in [0.05, 0.1) is 18.8 Å². The Morgan fingerprint density at radius 1 is 1.18 bits per heavy atom. The Bertz CT molecular complexity index is 973. The van der Waals surface area contributed by atoms with Crippen molar-refractivity contribution in [3.63, 3.8) is 0 Å². The molecule has 0 aromatic heterocycles. The number of benzene rings is 1. The number of nitrogens with zero attached hydrogens (tertiary/aromatic N) is 1. The van der Waals surface area contributed by atoms with Crippen LogP contribution in [-0.2, 0) is 16.0 Å². The van der Waals surface area contributed by atoms with Crippen LogP contribution < -0.4 is 9.47 Å². The summed E-state index contributed by atoms with van der Waals surface area (Å²) in [7, 11) is 0. The van der Waals surface area contributed by atoms with Crippen LogP contribution in [0.4, 0.5) is 0 Å². The third kappa shape index (κ3) is 8.16. The van der Waals surface area contributed by atoms with E-state index in [0.29, 0.717) is 23.3 Å². The summed E-state index contributed by atoms with van der Waals surface area (Å²) in [5, 5.41) is 0.500. The van der Waals surface area contributed by atoms with Crippen LogP contribution in [0.25, 0.3) is 5.57 Å². The van der Waals surface area contributed by atoms with E-state index >= 15 is 0 Å². The van der Waals surface area contributed by atoms with Gasteiger partial charge in [0.2, 0.25) is 0 Å². The second kappa shape index (κ2) is 14.4. The van der Waals surface area contributed by atoms with Gasteiger partial charge in [0, 0.05) is 29.7 Å². The van der Waals surface area contributed by atoms with Crippen LogP contribution >= 0.6 is 24.2 Å². The molecular formula is C31H48ClNO4S. The lowest BCUT2D eigenvalue weighted by atomic mass is 9.89. The number of hydrogen-bond acceptors (Lipinski definition) is 6. The minimum absolute atomic E-state index is 0. The zero-order valence-corrected chi connectivity index (χ0v) is 25.7. The van der Waals surface area contributed by atoms with Crippen molar-refractivity contribution in [2.24, 2.45) is 5.92 Å². The third-order valence-corrected chi connectivity index (χ3v) is 9.38. The summed E-state index contributed by atoms with van der Waals surface area (Å²) in [4.78, 5) is 16.7. The van der Waals surface area contributed by atoms with Gasteiger partial charge in [-0.3, -0.25) is 9.69 Å². The van der Waals surface area contributed by atoms with Gasteiger partial charge in [0.1, 0.15) is 17.1 Å². The lowest BCUT2D eigenvalue weighted by molar-refractivity contribution is -0.134. The lowest BCUT2D eigenvalue weighted by Gasteiger charge is -2.35. The summed E-state index contributed by atoms with van der Waals surface area (Å²) in [6.45, 7) is 15.6. The van der Waals surface area contributed by atoms with Gasteiger partial charge < -0.3 is 14.2 Å². The number of morpholine rings is 1. The van der Waals surface area contributed by atoms with Gasteiger partial charge in [-0.05, 0) is 75.3 Å². The van der Waals surface area contributed by atoms with Crippen molar-refractivity contribution < 1.29 is 19.0 Å². The number of allylic oxidation sites excluding steroid dienone is 1. The summed E-state index contributed by atoms with van der Waals surface area (Å²) in [6.07, 6.45) is 9.48. The van der Waals surface area contributed by atoms with Crippen molar-refractivity contribution in [2.45, 2.75) is 103 Å². The van der Waals surface area contributed by atoms with Gasteiger partial charge >= 0.3 is 5.97 Å². The molecule has 1 aromatic rings. The van der Waals surface area contributed by atoms with Crippen molar-refractivity contribution >= 4 is 35.7 Å². The predicted molar refractivity (Wildman–Crippen MR) is 161 cm³/mol. The molecule has 1 aromatic carbocycles. The van der Waals surface area contributed by atoms with Gasteiger partial charge in [0.25, 0.3) is 0 Å². The van der Waals surface area contributed by atoms with Crippen LogP contribution in [0, 0.1) is 5.92 Å². The van der Waals surface area contributed by atoms with Crippen LogP contribution in [-0.4, -0.2) is 54.6 Å². The Labute approximate surface area is 240 Å². The quantitative estimate of drug-likeness (QED) is 0.147. The van der Waals surface area contributed by atoms with E-state index in [2.05, 4.69) is 51.7 Å². The van der Waals surface area contributed by atoms with Crippen molar-refractivity contribution in [2.75, 3.05) is 32.8 Å². The molecule has 0 N–H and O–H groups in total. The predicted octanol–water partition coefficient (Wildman–Crippen LogP) is 7.68. The Kier molecular flexibility index (Phi) is 11.9. The lowest BCUT2D eigenvalue weighted by Crippen LogP contribution is -2.37. The number of esters is 1. The van der Waals surface area contributed by atoms with E-state index in [-0.39, 0.29) is 24.0 Å². The highest BCUT2D eigenvalue weighted by atomic mass is 35.5. The Morgan fingerprint density at radius 3 is 2.68 bits per heavy atom. The Balaban J connectivity index is 0.00000400. The van der Waals surface area contributed by atoms with Crippen molar-refractivity contribution in [1.82, 2.24) is 4.90 Å². The van der Waals surface area contributed by atoms with Crippen molar-refractivity contribution in [3.05, 3.63) is 28.2 Å². The molecule has 2 atom stereocenters. The number of carbonyl (C=O) groups is 1. The molecule has 2 unspecified atom stereocenters. The van der Waals surface area contributed by atoms with Crippen LogP contribution in [0.5, 0.6) is 11.5 Å². The second-order valence-electron chi connectivity index (χ2n) is 11.7. The number of fused-ring (bicyclic) bond motifs is 2. The SMILES string of the molecule is CCCCCC(C)CCc1cc(OC(=O)CCCN2CCOCC2)c2c(c1)OC(C)(C)C1=C2CC(C)S1.Cl. The first-order valence-electron chi connectivity index (χ1n) is 14.5. The van der Waals surface area contributed by atoms with Crippen LogP contribution in [0.3, 0.4) is 0 Å². The molecule has 5 nitrogen and oxygen atoms in total. The third-order valence-electron chi connectivity index (χ3n) is 7.83. The Hall–Kier alpha value is -1.21. The number of carbonyl (C=O) groups excluding carboxylic acids is 1. The maximum Gasteiger partial charge on any atom is 0.311 e. The van der Waals surface area contributed by atoms with Crippen LogP contribution in [0.15, 0.2) is 17.0 Å². The summed E-state index contributed by atoms with van der Waals surface area (Å²) in [5.41, 5.74) is 3.16. The van der Waals surface area contributed by atoms with Gasteiger partial charge in [0.15, 0.2) is 0 Å². The molecule has 214 valence electrons. The Morgan fingerprint density at radius 2 is 1.95 bits per heavy atom. The zero-order valence-electron chi connectivity index (χ0n) is 24.1. The molecule has 0 bridgehead atoms. The number of unbranched alkanes of at least 4 members (excludes halogenated alkanes) is 2. The van der Waals surface area contributed by atoms with Crippen LogP contribution in [0.1, 0.15) is 97.1 Å². The van der Waals surface area contributed by atoms with Gasteiger partial charge in [-0.15, -0.1) is 24.2 Å². The molecule has 0 aliphatic carbocycles. The molecular weight excluding hydrogens is 518 g/mol. The molecule has 3 aliphatic heterocycles. The molecule has 1 fully saturated rings. The highest BCUT2D eigenvalue weighted by Gasteiger charge is 2.42. The van der Waals surface area contributed by atoms with Crippen molar-refractivity contribution in [3.8, 4) is 11.5 Å². The normalized spacial score (nSPS) is 21.2. The van der Waals surface area contributed by atoms with Gasteiger partial charge in [-0.1, -0.05) is 46.5 Å². The van der Waals surface area contributed by atoms with E-state index in [4.69, 9.17) is 14.2 Å². The summed E-state index contributed by atoms with van der Waals surface area (Å²) >= 11 is 1.90. The van der Waals surface area contributed by atoms with Crippen molar-refractivity contribution in [1.29, 1.82) is 0 Å². The molecule has 0 radical (unpaired) electrons. The molecule has 1 saturated heterocycles. The molecule has 3 heterocycles. The first kappa shape index (κ1) is 31.3. The largest absolute Gasteiger partial charge is 0.482 e. The molecule has 0 saturated carbocycles. The smallest absolute Gasteiger partial charge is 0.311 e. The molecule has 0 spiro atoms. The molecule has 7 heteroatoms. The molecule has 3 aliphatic rings. The fourth-order valence-corrected chi connectivity index (χ4v) is 7.03. The van der Waals surface area contributed by atoms with E-state index in [1.54, 1.807) is 0 Å².